The summed E-state index contributed by atoms with van der Waals surface area (Å²) in [6.07, 6.45) is -4.50. The highest BCUT2D eigenvalue weighted by atomic mass is 79.9. The van der Waals surface area contributed by atoms with E-state index in [2.05, 4.69) is 30.9 Å². The van der Waals surface area contributed by atoms with Crippen LogP contribution in [0.15, 0.2) is 21.0 Å². The lowest BCUT2D eigenvalue weighted by atomic mass is 9.91. The number of hydrogen-bond acceptors (Lipinski definition) is 3. The first-order valence-corrected chi connectivity index (χ1v) is 8.01. The summed E-state index contributed by atoms with van der Waals surface area (Å²) in [5, 5.41) is 0. The minimum atomic E-state index is -4.50. The molecule has 0 aliphatic rings. The normalized spacial score (nSPS) is 13.0. The largest absolute Gasteiger partial charge is 0.439 e. The molecule has 0 atom stereocenters. The smallest absolute Gasteiger partial charge is 0.418 e. The van der Waals surface area contributed by atoms with Crippen LogP contribution in [0.4, 0.5) is 13.2 Å². The molecule has 0 aliphatic heterocycles. The van der Waals surface area contributed by atoms with Crippen molar-refractivity contribution in [1.29, 1.82) is 0 Å². The average Bonchev–Trinajstić information content (AvgIpc) is 2.98. The lowest BCUT2D eigenvalue weighted by Crippen LogP contribution is -2.13. The van der Waals surface area contributed by atoms with Gasteiger partial charge in [-0.2, -0.15) is 13.2 Å². The molecule has 0 saturated carbocycles. The summed E-state index contributed by atoms with van der Waals surface area (Å²) in [7, 11) is 0. The Morgan fingerprint density at radius 3 is 2.33 bits per heavy atom. The minimum absolute atomic E-state index is 0.158. The summed E-state index contributed by atoms with van der Waals surface area (Å²) in [6.45, 7) is 7.73. The minimum Gasteiger partial charge on any atom is -0.439 e. The molecule has 8 heteroatoms. The zero-order valence-corrected chi connectivity index (χ0v) is 15.1. The molecule has 0 radical (unpaired) electrons. The molecule has 3 rings (SSSR count). The third kappa shape index (κ3) is 2.94. The van der Waals surface area contributed by atoms with Crippen LogP contribution in [0.3, 0.4) is 0 Å². The van der Waals surface area contributed by atoms with E-state index >= 15 is 0 Å². The van der Waals surface area contributed by atoms with E-state index in [0.29, 0.717) is 10.2 Å². The quantitative estimate of drug-likeness (QED) is 0.576. The van der Waals surface area contributed by atoms with Crippen LogP contribution in [0.1, 0.15) is 37.8 Å². The van der Waals surface area contributed by atoms with Gasteiger partial charge in [-0.15, -0.1) is 0 Å². The van der Waals surface area contributed by atoms with Gasteiger partial charge in [0.05, 0.1) is 16.8 Å². The van der Waals surface area contributed by atoms with E-state index in [9.17, 15) is 13.2 Å². The fourth-order valence-electron chi connectivity index (χ4n) is 2.59. The molecule has 3 aromatic rings. The molecule has 0 spiro atoms. The Balaban J connectivity index is 2.19. The van der Waals surface area contributed by atoms with Gasteiger partial charge in [-0.05, 0) is 19.1 Å². The van der Waals surface area contributed by atoms with E-state index in [0.717, 1.165) is 11.8 Å². The van der Waals surface area contributed by atoms with Crippen molar-refractivity contribution >= 4 is 27.0 Å². The highest BCUT2D eigenvalue weighted by Gasteiger charge is 2.35. The first-order chi connectivity index (χ1) is 11.0. The number of aromatic amines is 1. The van der Waals surface area contributed by atoms with Crippen molar-refractivity contribution < 1.29 is 17.6 Å². The van der Waals surface area contributed by atoms with Gasteiger partial charge < -0.3 is 9.40 Å². The van der Waals surface area contributed by atoms with Crippen molar-refractivity contribution in [3.05, 3.63) is 33.6 Å². The van der Waals surface area contributed by atoms with Crippen LogP contribution in [0.2, 0.25) is 0 Å². The molecule has 0 unspecified atom stereocenters. The Morgan fingerprint density at radius 1 is 1.12 bits per heavy atom. The first kappa shape index (κ1) is 17.0. The summed E-state index contributed by atoms with van der Waals surface area (Å²) in [6, 6.07) is 2.55. The standard InChI is InChI=1S/C16H15BrF3N3O/c1-7-12(15(2,3)4)23-14(24-7)13-21-10-6-8(17)5-9(11(10)22-13)16(18,19)20/h5-6H,1-4H3,(H,21,22). The highest BCUT2D eigenvalue weighted by molar-refractivity contribution is 9.10. The maximum Gasteiger partial charge on any atom is 0.418 e. The Hall–Kier alpha value is -1.83. The van der Waals surface area contributed by atoms with Gasteiger partial charge in [-0.3, -0.25) is 0 Å². The van der Waals surface area contributed by atoms with Gasteiger partial charge in [0.15, 0.2) is 5.82 Å². The monoisotopic (exact) mass is 401 g/mol. The molecule has 2 aromatic heterocycles. The Labute approximate surface area is 144 Å². The molecular weight excluding hydrogens is 387 g/mol. The molecule has 0 fully saturated rings. The van der Waals surface area contributed by atoms with E-state index in [1.54, 1.807) is 13.0 Å². The summed E-state index contributed by atoms with van der Waals surface area (Å²) in [5.74, 6) is 0.972. The number of aryl methyl sites for hydroxylation is 1. The molecule has 1 N–H and O–H groups in total. The zero-order valence-electron chi connectivity index (χ0n) is 13.5. The molecule has 4 nitrogen and oxygen atoms in total. The third-order valence-corrected chi connectivity index (χ3v) is 4.02. The third-order valence-electron chi connectivity index (χ3n) is 3.57. The van der Waals surface area contributed by atoms with E-state index < -0.39 is 11.7 Å². The molecule has 0 saturated heterocycles. The maximum absolute atomic E-state index is 13.2. The lowest BCUT2D eigenvalue weighted by Gasteiger charge is -2.14. The molecule has 24 heavy (non-hydrogen) atoms. The number of nitrogens with zero attached hydrogens (tertiary/aromatic N) is 2. The topological polar surface area (TPSA) is 54.7 Å². The fourth-order valence-corrected chi connectivity index (χ4v) is 3.05. The molecule has 1 aromatic carbocycles. The molecule has 0 aliphatic carbocycles. The predicted molar refractivity (Wildman–Crippen MR) is 87.7 cm³/mol. The van der Waals surface area contributed by atoms with Crippen LogP contribution in [0.25, 0.3) is 22.7 Å². The SMILES string of the molecule is Cc1oc(-c2nc3c(C(F)(F)F)cc(Br)cc3[nH]2)nc1C(C)(C)C. The zero-order chi connectivity index (χ0) is 17.9. The van der Waals surface area contributed by atoms with Crippen molar-refractivity contribution in [3.63, 3.8) is 0 Å². The molecule has 128 valence electrons. The number of aromatic nitrogens is 3. The van der Waals surface area contributed by atoms with Gasteiger partial charge in [0.25, 0.3) is 5.89 Å². The van der Waals surface area contributed by atoms with Gasteiger partial charge in [-0.25, -0.2) is 9.97 Å². The van der Waals surface area contributed by atoms with E-state index in [-0.39, 0.29) is 28.2 Å². The summed E-state index contributed by atoms with van der Waals surface area (Å²) in [4.78, 5) is 11.3. The second-order valence-electron chi connectivity index (χ2n) is 6.61. The highest BCUT2D eigenvalue weighted by Crippen LogP contribution is 2.37. The number of halogens is 4. The molecular formula is C16H15BrF3N3O. The number of rotatable bonds is 1. The van der Waals surface area contributed by atoms with Crippen molar-refractivity contribution in [1.82, 2.24) is 15.0 Å². The molecule has 0 bridgehead atoms. The number of alkyl halides is 3. The number of imidazole rings is 1. The van der Waals surface area contributed by atoms with Crippen molar-refractivity contribution in [2.75, 3.05) is 0 Å². The average molecular weight is 402 g/mol. The first-order valence-electron chi connectivity index (χ1n) is 7.21. The second kappa shape index (κ2) is 5.34. The summed E-state index contributed by atoms with van der Waals surface area (Å²) < 4.78 is 45.6. The Bertz CT molecular complexity index is 919. The number of hydrogen-bond donors (Lipinski definition) is 1. The van der Waals surface area contributed by atoms with Gasteiger partial charge in [-0.1, -0.05) is 36.7 Å². The summed E-state index contributed by atoms with van der Waals surface area (Å²) >= 11 is 3.10. The van der Waals surface area contributed by atoms with Crippen LogP contribution in [0.5, 0.6) is 0 Å². The summed E-state index contributed by atoms with van der Waals surface area (Å²) in [5.41, 5.74) is -0.199. The number of H-pyrrole nitrogens is 1. The fraction of sp³-hybridized carbons (Fsp3) is 0.375. The van der Waals surface area contributed by atoms with E-state index in [4.69, 9.17) is 4.42 Å². The van der Waals surface area contributed by atoms with Crippen LogP contribution in [-0.4, -0.2) is 15.0 Å². The number of oxazole rings is 1. The van der Waals surface area contributed by atoms with Crippen molar-refractivity contribution in [3.8, 4) is 11.7 Å². The van der Waals surface area contributed by atoms with Crippen LogP contribution in [0, 0.1) is 6.92 Å². The van der Waals surface area contributed by atoms with Gasteiger partial charge in [0.1, 0.15) is 11.3 Å². The van der Waals surface area contributed by atoms with Crippen molar-refractivity contribution in [2.45, 2.75) is 39.3 Å². The van der Waals surface area contributed by atoms with Crippen LogP contribution >= 0.6 is 15.9 Å². The molecule has 2 heterocycles. The van der Waals surface area contributed by atoms with Gasteiger partial charge >= 0.3 is 6.18 Å². The van der Waals surface area contributed by atoms with E-state index in [1.807, 2.05) is 20.8 Å². The van der Waals surface area contributed by atoms with E-state index in [1.165, 1.54) is 0 Å². The second-order valence-corrected chi connectivity index (χ2v) is 7.52. The number of nitrogens with one attached hydrogen (secondary N) is 1. The van der Waals surface area contributed by atoms with Crippen LogP contribution in [-0.2, 0) is 11.6 Å². The number of benzene rings is 1. The van der Waals surface area contributed by atoms with Gasteiger partial charge in [0.2, 0.25) is 0 Å². The predicted octanol–water partition coefficient (Wildman–Crippen LogP) is 5.61. The van der Waals surface area contributed by atoms with Crippen molar-refractivity contribution in [2.24, 2.45) is 0 Å². The Kier molecular flexibility index (Phi) is 3.78. The van der Waals surface area contributed by atoms with Crippen LogP contribution < -0.4 is 0 Å². The Morgan fingerprint density at radius 2 is 1.79 bits per heavy atom. The number of fused-ring (bicyclic) bond motifs is 1. The van der Waals surface area contributed by atoms with Gasteiger partial charge in [0, 0.05) is 9.89 Å². The molecule has 0 amide bonds. The maximum atomic E-state index is 13.2. The lowest BCUT2D eigenvalue weighted by molar-refractivity contribution is -0.136.